The number of benzene rings is 2. The van der Waals surface area contributed by atoms with E-state index in [0.29, 0.717) is 23.6 Å². The summed E-state index contributed by atoms with van der Waals surface area (Å²) >= 11 is 6.15. The molecular formula is C23H28ClFN2O. The molecule has 0 saturated carbocycles. The molecule has 2 N–H and O–H groups in total. The maximum Gasteiger partial charge on any atom is 0.223 e. The molecule has 1 aliphatic heterocycles. The average Bonchev–Trinajstić information content (AvgIpc) is 3.05. The molecule has 2 atom stereocenters. The number of anilines is 1. The molecular weight excluding hydrogens is 375 g/mol. The first-order valence-electron chi connectivity index (χ1n) is 9.92. The minimum Gasteiger partial charge on any atom is -0.398 e. The highest BCUT2D eigenvalue weighted by molar-refractivity contribution is 6.33. The summed E-state index contributed by atoms with van der Waals surface area (Å²) in [6, 6.07) is 12.8. The lowest BCUT2D eigenvalue weighted by atomic mass is 9.82. The Morgan fingerprint density at radius 1 is 1.25 bits per heavy atom. The van der Waals surface area contributed by atoms with Crippen LogP contribution in [0.1, 0.15) is 37.8 Å². The summed E-state index contributed by atoms with van der Waals surface area (Å²) in [7, 11) is 0. The first kappa shape index (κ1) is 20.7. The summed E-state index contributed by atoms with van der Waals surface area (Å²) < 4.78 is 14.3. The second-order valence-corrected chi connectivity index (χ2v) is 8.46. The van der Waals surface area contributed by atoms with Gasteiger partial charge in [-0.15, -0.1) is 0 Å². The van der Waals surface area contributed by atoms with E-state index in [4.69, 9.17) is 17.3 Å². The van der Waals surface area contributed by atoms with Crippen LogP contribution in [-0.2, 0) is 17.6 Å². The van der Waals surface area contributed by atoms with Crippen molar-refractivity contribution in [3.8, 4) is 0 Å². The number of nitrogen functional groups attached to an aromatic ring is 1. The van der Waals surface area contributed by atoms with E-state index in [0.717, 1.165) is 30.5 Å². The summed E-state index contributed by atoms with van der Waals surface area (Å²) in [6.07, 6.45) is 2.88. The SMILES string of the molecule is CC(C)N1C[C@@H](C(CCc2ccc(N)c(Cl)c2)Cc2ccccc2F)CC1=O. The van der Waals surface area contributed by atoms with E-state index in [-0.39, 0.29) is 29.6 Å². The first-order chi connectivity index (χ1) is 13.3. The van der Waals surface area contributed by atoms with E-state index in [9.17, 15) is 9.18 Å². The monoisotopic (exact) mass is 402 g/mol. The zero-order chi connectivity index (χ0) is 20.3. The molecule has 3 nitrogen and oxygen atoms in total. The van der Waals surface area contributed by atoms with Gasteiger partial charge in [-0.05, 0) is 74.3 Å². The highest BCUT2D eigenvalue weighted by atomic mass is 35.5. The van der Waals surface area contributed by atoms with Crippen LogP contribution in [0.5, 0.6) is 0 Å². The van der Waals surface area contributed by atoms with Crippen molar-refractivity contribution in [2.75, 3.05) is 12.3 Å². The van der Waals surface area contributed by atoms with Gasteiger partial charge in [0.2, 0.25) is 5.91 Å². The molecule has 5 heteroatoms. The molecule has 2 aromatic rings. The molecule has 0 spiro atoms. The second kappa shape index (κ2) is 8.95. The lowest BCUT2D eigenvalue weighted by Gasteiger charge is -2.26. The minimum absolute atomic E-state index is 0.173. The summed E-state index contributed by atoms with van der Waals surface area (Å²) in [5, 5.41) is 0.560. The first-order valence-corrected chi connectivity index (χ1v) is 10.3. The van der Waals surface area contributed by atoms with Crippen LogP contribution in [0.3, 0.4) is 0 Å². The van der Waals surface area contributed by atoms with Gasteiger partial charge in [0.05, 0.1) is 10.7 Å². The zero-order valence-electron chi connectivity index (χ0n) is 16.5. The van der Waals surface area contributed by atoms with E-state index >= 15 is 0 Å². The fourth-order valence-electron chi connectivity index (χ4n) is 4.10. The maximum absolute atomic E-state index is 14.3. The molecule has 1 aliphatic rings. The zero-order valence-corrected chi connectivity index (χ0v) is 17.3. The number of aryl methyl sites for hydroxylation is 1. The van der Waals surface area contributed by atoms with E-state index < -0.39 is 0 Å². The number of likely N-dealkylation sites (tertiary alicyclic amines) is 1. The Morgan fingerprint density at radius 3 is 2.64 bits per heavy atom. The van der Waals surface area contributed by atoms with Crippen molar-refractivity contribution in [3.05, 3.63) is 64.4 Å². The van der Waals surface area contributed by atoms with Crippen molar-refractivity contribution < 1.29 is 9.18 Å². The van der Waals surface area contributed by atoms with Crippen molar-refractivity contribution in [2.45, 2.75) is 45.6 Å². The Hall–Kier alpha value is -2.07. The highest BCUT2D eigenvalue weighted by Gasteiger charge is 2.36. The van der Waals surface area contributed by atoms with Crippen LogP contribution in [0.2, 0.25) is 5.02 Å². The van der Waals surface area contributed by atoms with Crippen LogP contribution >= 0.6 is 11.6 Å². The lowest BCUT2D eigenvalue weighted by Crippen LogP contribution is -2.33. The molecule has 1 unspecified atom stereocenters. The predicted molar refractivity (Wildman–Crippen MR) is 113 cm³/mol. The van der Waals surface area contributed by atoms with Gasteiger partial charge < -0.3 is 10.6 Å². The Morgan fingerprint density at radius 2 is 2.00 bits per heavy atom. The van der Waals surface area contributed by atoms with Crippen molar-refractivity contribution in [1.82, 2.24) is 4.90 Å². The third-order valence-electron chi connectivity index (χ3n) is 5.79. The quantitative estimate of drug-likeness (QED) is 0.654. The number of amides is 1. The van der Waals surface area contributed by atoms with Gasteiger partial charge >= 0.3 is 0 Å². The van der Waals surface area contributed by atoms with Crippen LogP contribution in [-0.4, -0.2) is 23.4 Å². The lowest BCUT2D eigenvalue weighted by molar-refractivity contribution is -0.129. The van der Waals surface area contributed by atoms with Gasteiger partial charge in [0.1, 0.15) is 5.82 Å². The van der Waals surface area contributed by atoms with Crippen molar-refractivity contribution in [2.24, 2.45) is 11.8 Å². The molecule has 1 saturated heterocycles. The van der Waals surface area contributed by atoms with Gasteiger partial charge in [0.25, 0.3) is 0 Å². The fraction of sp³-hybridized carbons (Fsp3) is 0.435. The molecule has 2 aromatic carbocycles. The summed E-state index contributed by atoms with van der Waals surface area (Å²) in [4.78, 5) is 14.4. The molecule has 1 amide bonds. The van der Waals surface area contributed by atoms with Crippen LogP contribution < -0.4 is 5.73 Å². The number of halogens is 2. The molecule has 0 bridgehead atoms. The number of nitrogens with two attached hydrogens (primary N) is 1. The van der Waals surface area contributed by atoms with Gasteiger partial charge in [-0.1, -0.05) is 35.9 Å². The summed E-state index contributed by atoms with van der Waals surface area (Å²) in [5.41, 5.74) is 8.21. The average molecular weight is 403 g/mol. The normalized spacial score (nSPS) is 18.1. The van der Waals surface area contributed by atoms with Gasteiger partial charge in [-0.3, -0.25) is 4.79 Å². The van der Waals surface area contributed by atoms with Gasteiger partial charge in [-0.2, -0.15) is 0 Å². The number of carbonyl (C=O) groups is 1. The summed E-state index contributed by atoms with van der Waals surface area (Å²) in [6.45, 7) is 4.84. The fourth-order valence-corrected chi connectivity index (χ4v) is 4.31. The molecule has 3 rings (SSSR count). The van der Waals surface area contributed by atoms with Gasteiger partial charge in [-0.25, -0.2) is 4.39 Å². The van der Waals surface area contributed by atoms with Crippen LogP contribution in [0.15, 0.2) is 42.5 Å². The predicted octanol–water partition coefficient (Wildman–Crippen LogP) is 5.11. The Kier molecular flexibility index (Phi) is 6.61. The summed E-state index contributed by atoms with van der Waals surface area (Å²) in [5.74, 6) is 0.488. The van der Waals surface area contributed by atoms with Crippen LogP contribution in [0.4, 0.5) is 10.1 Å². The Labute approximate surface area is 171 Å². The minimum atomic E-state index is -0.173. The standard InChI is InChI=1S/C23H28ClFN2O/c1-15(2)27-14-19(13-23(27)28)17(12-18-5-3-4-6-21(18)25)9-7-16-8-10-22(26)20(24)11-16/h3-6,8,10-11,15,17,19H,7,9,12-14,26H2,1-2H3/t17?,19-/m0/s1. The van der Waals surface area contributed by atoms with Gasteiger partial charge in [0, 0.05) is 19.0 Å². The highest BCUT2D eigenvalue weighted by Crippen LogP contribution is 2.33. The van der Waals surface area contributed by atoms with Gasteiger partial charge in [0.15, 0.2) is 0 Å². The largest absolute Gasteiger partial charge is 0.398 e. The van der Waals surface area contributed by atoms with E-state index in [1.807, 2.05) is 49.1 Å². The topological polar surface area (TPSA) is 46.3 Å². The molecule has 0 aliphatic carbocycles. The third kappa shape index (κ3) is 4.85. The Bertz CT molecular complexity index is 839. The smallest absolute Gasteiger partial charge is 0.223 e. The third-order valence-corrected chi connectivity index (χ3v) is 6.11. The molecule has 28 heavy (non-hydrogen) atoms. The number of rotatable bonds is 7. The number of hydrogen-bond acceptors (Lipinski definition) is 2. The molecule has 1 heterocycles. The molecule has 150 valence electrons. The maximum atomic E-state index is 14.3. The van der Waals surface area contributed by atoms with E-state index in [2.05, 4.69) is 0 Å². The molecule has 1 fully saturated rings. The van der Waals surface area contributed by atoms with Crippen LogP contribution in [0, 0.1) is 17.7 Å². The molecule has 0 radical (unpaired) electrons. The van der Waals surface area contributed by atoms with Crippen LogP contribution in [0.25, 0.3) is 0 Å². The Balaban J connectivity index is 1.77. The van der Waals surface area contributed by atoms with E-state index in [1.165, 1.54) is 6.07 Å². The van der Waals surface area contributed by atoms with E-state index in [1.54, 1.807) is 6.07 Å². The molecule has 0 aromatic heterocycles. The second-order valence-electron chi connectivity index (χ2n) is 8.05. The number of hydrogen-bond donors (Lipinski definition) is 1. The number of carbonyl (C=O) groups excluding carboxylic acids is 1. The van der Waals surface area contributed by atoms with Crippen molar-refractivity contribution in [3.63, 3.8) is 0 Å². The van der Waals surface area contributed by atoms with Crippen molar-refractivity contribution in [1.29, 1.82) is 0 Å². The van der Waals surface area contributed by atoms with Crippen molar-refractivity contribution >= 4 is 23.2 Å². The number of nitrogens with zero attached hydrogens (tertiary/aromatic N) is 1.